The Bertz CT molecular complexity index is 1540. The Morgan fingerprint density at radius 3 is 1.53 bits per heavy atom. The molecule has 0 unspecified atom stereocenters. The highest BCUT2D eigenvalue weighted by Crippen LogP contribution is 2.33. The summed E-state index contributed by atoms with van der Waals surface area (Å²) in [6.07, 6.45) is 7.10. The minimum atomic E-state index is -0.790. The number of imidazole rings is 1. The highest BCUT2D eigenvalue weighted by atomic mass is 28.2. The maximum Gasteiger partial charge on any atom is 0.116 e. The van der Waals surface area contributed by atoms with Gasteiger partial charge in [-0.25, -0.2) is 4.98 Å². The smallest absolute Gasteiger partial charge is 0.116 e. The van der Waals surface area contributed by atoms with Gasteiger partial charge in [-0.15, -0.1) is 0 Å². The predicted octanol–water partition coefficient (Wildman–Crippen LogP) is 6.73. The molecule has 2 nitrogen and oxygen atoms in total. The molecule has 0 bridgehead atoms. The summed E-state index contributed by atoms with van der Waals surface area (Å²) in [5.41, 5.74) is 6.81. The van der Waals surface area contributed by atoms with Gasteiger partial charge in [-0.05, 0) is 46.0 Å². The lowest BCUT2D eigenvalue weighted by atomic mass is 9.76. The zero-order chi connectivity index (χ0) is 29.9. The molecule has 214 valence electrons. The van der Waals surface area contributed by atoms with E-state index in [0.717, 1.165) is 6.42 Å². The van der Waals surface area contributed by atoms with Crippen LogP contribution in [0.2, 0.25) is 0 Å². The van der Waals surface area contributed by atoms with Crippen molar-refractivity contribution in [2.75, 3.05) is 0 Å². The summed E-state index contributed by atoms with van der Waals surface area (Å²) in [6, 6.07) is 52.3. The number of hydrogen-bond acceptors (Lipinski definition) is 1. The van der Waals surface area contributed by atoms with Crippen molar-refractivity contribution in [1.29, 1.82) is 0 Å². The summed E-state index contributed by atoms with van der Waals surface area (Å²) in [4.78, 5) is 4.41. The molecule has 0 N–H and O–H groups in total. The van der Waals surface area contributed by atoms with Gasteiger partial charge < -0.3 is 4.57 Å². The molecule has 0 saturated carbocycles. The molecule has 0 spiro atoms. The fourth-order valence-corrected chi connectivity index (χ4v) is 8.22. The van der Waals surface area contributed by atoms with E-state index in [2.05, 4.69) is 183 Å². The van der Waals surface area contributed by atoms with Gasteiger partial charge in [0.1, 0.15) is 7.85 Å². The Balaban J connectivity index is 0.000000220. The van der Waals surface area contributed by atoms with Gasteiger partial charge in [-0.2, -0.15) is 0 Å². The maximum absolute atomic E-state index is 4.41. The minimum Gasteiger partial charge on any atom is -0.326 e. The van der Waals surface area contributed by atoms with E-state index in [1.165, 1.54) is 33.0 Å². The summed E-state index contributed by atoms with van der Waals surface area (Å²) in [5, 5.41) is 1.25. The molecule has 0 atom stereocenters. The van der Waals surface area contributed by atoms with Crippen molar-refractivity contribution in [3.63, 3.8) is 0 Å². The zero-order valence-electron chi connectivity index (χ0n) is 25.6. The monoisotopic (exact) mass is 576 g/mol. The molecule has 0 radical (unpaired) electrons. The lowest BCUT2D eigenvalue weighted by molar-refractivity contribution is 0.596. The molecule has 0 aliphatic carbocycles. The van der Waals surface area contributed by atoms with E-state index in [1.54, 1.807) is 0 Å². The molecule has 6 rings (SSSR count). The Kier molecular flexibility index (Phi) is 10.3. The molecule has 0 aliphatic heterocycles. The van der Waals surface area contributed by atoms with Gasteiger partial charge in [0, 0.05) is 12.4 Å². The van der Waals surface area contributed by atoms with Crippen LogP contribution in [0.25, 0.3) is 0 Å². The first-order valence-corrected chi connectivity index (χ1v) is 16.7. The Labute approximate surface area is 260 Å². The summed E-state index contributed by atoms with van der Waals surface area (Å²) >= 11 is 0. The second-order valence-electron chi connectivity index (χ2n) is 11.7. The number of aromatic nitrogens is 2. The second-order valence-corrected chi connectivity index (χ2v) is 13.9. The fourth-order valence-electron chi connectivity index (χ4n) is 5.91. The van der Waals surface area contributed by atoms with Crippen LogP contribution in [-0.2, 0) is 11.6 Å². The third-order valence-corrected chi connectivity index (χ3v) is 10.7. The van der Waals surface area contributed by atoms with Crippen LogP contribution < -0.4 is 5.19 Å². The van der Waals surface area contributed by atoms with Crippen LogP contribution in [0.3, 0.4) is 0 Å². The number of nitrogens with zero attached hydrogens (tertiary/aromatic N) is 2. The van der Waals surface area contributed by atoms with Crippen molar-refractivity contribution in [3.8, 4) is 0 Å². The lowest BCUT2D eigenvalue weighted by Gasteiger charge is -2.37. The quantitative estimate of drug-likeness (QED) is 0.175. The topological polar surface area (TPSA) is 17.8 Å². The van der Waals surface area contributed by atoms with Crippen LogP contribution >= 0.6 is 0 Å². The van der Waals surface area contributed by atoms with E-state index >= 15 is 0 Å². The predicted molar refractivity (Wildman–Crippen MR) is 188 cm³/mol. The molecule has 1 heterocycles. The van der Waals surface area contributed by atoms with Crippen molar-refractivity contribution in [2.45, 2.75) is 31.2 Å². The minimum absolute atomic E-state index is 0.210. The van der Waals surface area contributed by atoms with Gasteiger partial charge in [0.05, 0.1) is 21.0 Å². The largest absolute Gasteiger partial charge is 0.326 e. The van der Waals surface area contributed by atoms with Crippen LogP contribution in [0.1, 0.15) is 47.5 Å². The normalized spacial score (nSPS) is 11.5. The highest BCUT2D eigenvalue weighted by Gasteiger charge is 2.36. The first-order valence-electron chi connectivity index (χ1n) is 15.3. The average Bonchev–Trinajstić information content (AvgIpc) is 3.61. The van der Waals surface area contributed by atoms with Crippen molar-refractivity contribution < 1.29 is 0 Å². The molecule has 0 aliphatic rings. The van der Waals surface area contributed by atoms with Gasteiger partial charge in [0.25, 0.3) is 0 Å². The fraction of sp³-hybridized carbons (Fsp3) is 0.154. The first kappa shape index (κ1) is 30.1. The van der Waals surface area contributed by atoms with Crippen molar-refractivity contribution in [2.24, 2.45) is 5.92 Å². The third-order valence-electron chi connectivity index (χ3n) is 8.17. The van der Waals surface area contributed by atoms with Gasteiger partial charge >= 0.3 is 0 Å². The van der Waals surface area contributed by atoms with Crippen molar-refractivity contribution in [3.05, 3.63) is 192 Å². The average molecular weight is 577 g/mol. The Morgan fingerprint density at radius 1 is 0.651 bits per heavy atom. The van der Waals surface area contributed by atoms with Crippen molar-refractivity contribution >= 4 is 22.6 Å². The molecule has 6 aromatic rings. The molecule has 43 heavy (non-hydrogen) atoms. The molecule has 0 fully saturated rings. The number of benzene rings is 5. The molecule has 5 aromatic carbocycles. The van der Waals surface area contributed by atoms with Crippen LogP contribution in [0.15, 0.2) is 164 Å². The first-order chi connectivity index (χ1) is 21.1. The van der Waals surface area contributed by atoms with Crippen LogP contribution in [0, 0.1) is 5.92 Å². The molecular formula is C39H41BN2Si. The molecular weight excluding hydrogens is 535 g/mol. The van der Waals surface area contributed by atoms with E-state index in [9.17, 15) is 0 Å². The van der Waals surface area contributed by atoms with Crippen LogP contribution in [0.4, 0.5) is 0 Å². The SMILES string of the molecule is BC(c1ccccc1)c1ccccc1.CC(C)Cc1ccc([SiH2]C(c2ccccc2)(c2ccccc2)n2ccnc2)cc1. The lowest BCUT2D eigenvalue weighted by Crippen LogP contribution is -2.46. The van der Waals surface area contributed by atoms with E-state index in [0.29, 0.717) is 11.7 Å². The van der Waals surface area contributed by atoms with E-state index in [4.69, 9.17) is 0 Å². The molecule has 4 heteroatoms. The summed E-state index contributed by atoms with van der Waals surface area (Å²) in [6.45, 7) is 4.55. The van der Waals surface area contributed by atoms with Gasteiger partial charge in [0.15, 0.2) is 0 Å². The van der Waals surface area contributed by atoms with Gasteiger partial charge in [-0.1, -0.05) is 165 Å². The van der Waals surface area contributed by atoms with Crippen LogP contribution in [-0.4, -0.2) is 26.9 Å². The Hall–Kier alpha value is -4.41. The molecule has 1 aromatic heterocycles. The number of rotatable bonds is 9. The summed E-state index contributed by atoms with van der Waals surface area (Å²) < 4.78 is 2.31. The van der Waals surface area contributed by atoms with Crippen molar-refractivity contribution in [1.82, 2.24) is 9.55 Å². The second kappa shape index (κ2) is 14.7. The highest BCUT2D eigenvalue weighted by molar-refractivity contribution is 6.57. The van der Waals surface area contributed by atoms with Gasteiger partial charge in [0.2, 0.25) is 0 Å². The molecule has 0 amide bonds. The number of hydrogen-bond donors (Lipinski definition) is 0. The van der Waals surface area contributed by atoms with E-state index < -0.39 is 9.52 Å². The van der Waals surface area contributed by atoms with Crippen LogP contribution in [0.5, 0.6) is 0 Å². The Morgan fingerprint density at radius 2 is 1.12 bits per heavy atom. The maximum atomic E-state index is 4.41. The van der Waals surface area contributed by atoms with Gasteiger partial charge in [-0.3, -0.25) is 0 Å². The third kappa shape index (κ3) is 7.52. The van der Waals surface area contributed by atoms with E-state index in [1.807, 2.05) is 12.5 Å². The molecule has 0 saturated heterocycles. The summed E-state index contributed by atoms with van der Waals surface area (Å²) in [7, 11) is 1.45. The summed E-state index contributed by atoms with van der Waals surface area (Å²) in [5.74, 6) is 1.16. The zero-order valence-corrected chi connectivity index (χ0v) is 27.0. The van der Waals surface area contributed by atoms with E-state index in [-0.39, 0.29) is 5.16 Å². The standard InChI is InChI=1S/C26H28N2Si.C13H13B/c1-21(2)19-22-13-15-25(16-14-22)29-26(28-18-17-27-20-28,23-9-5-3-6-10-23)24-11-7-4-8-12-24;14-13(11-7-3-1-4-8-11)12-9-5-2-6-10-12/h3-18,20-21H,19,29H2,1-2H3;1-10,13H,14H2.